The van der Waals surface area contributed by atoms with Crippen molar-refractivity contribution in [2.24, 2.45) is 0 Å². The second-order valence-corrected chi connectivity index (χ2v) is 4.63. The van der Waals surface area contributed by atoms with Crippen LogP contribution in [0.2, 0.25) is 0 Å². The molecule has 1 aromatic carbocycles. The maximum absolute atomic E-state index is 10.7. The fourth-order valence-electron chi connectivity index (χ4n) is 1.75. The first-order chi connectivity index (χ1) is 8.61. The highest BCUT2D eigenvalue weighted by molar-refractivity contribution is 5.76. The quantitative estimate of drug-likeness (QED) is 0.772. The van der Waals surface area contributed by atoms with Gasteiger partial charge in [0, 0.05) is 11.8 Å². The Kier molecular flexibility index (Phi) is 3.51. The summed E-state index contributed by atoms with van der Waals surface area (Å²) in [5.41, 5.74) is 3.51. The summed E-state index contributed by atoms with van der Waals surface area (Å²) in [7, 11) is 0. The van der Waals surface area contributed by atoms with Crippen LogP contribution in [0.15, 0.2) is 30.5 Å². The molecule has 2 rings (SSSR count). The molecule has 0 unspecified atom stereocenters. The van der Waals surface area contributed by atoms with Crippen LogP contribution in [-0.2, 0) is 0 Å². The Morgan fingerprint density at radius 1 is 1.17 bits per heavy atom. The van der Waals surface area contributed by atoms with E-state index in [4.69, 9.17) is 0 Å². The number of aromatic nitrogens is 2. The number of rotatable bonds is 3. The van der Waals surface area contributed by atoms with Crippen LogP contribution < -0.4 is 0 Å². The van der Waals surface area contributed by atoms with Gasteiger partial charge in [0.25, 0.3) is 0 Å². The van der Waals surface area contributed by atoms with Crippen LogP contribution in [-0.4, -0.2) is 16.3 Å². The average molecular weight is 240 g/mol. The molecule has 1 aromatic heterocycles. The van der Waals surface area contributed by atoms with Crippen molar-refractivity contribution in [1.82, 2.24) is 9.97 Å². The molecule has 0 aliphatic rings. The van der Waals surface area contributed by atoms with E-state index in [0.717, 1.165) is 11.8 Å². The molecule has 0 amide bonds. The van der Waals surface area contributed by atoms with Crippen LogP contribution in [0, 0.1) is 6.92 Å². The summed E-state index contributed by atoms with van der Waals surface area (Å²) in [6.07, 6.45) is 2.35. The maximum Gasteiger partial charge on any atom is 0.159 e. The number of carbonyl (C=O) groups excluding carboxylic acids is 1. The Morgan fingerprint density at radius 2 is 1.83 bits per heavy atom. The van der Waals surface area contributed by atoms with E-state index in [-0.39, 0.29) is 0 Å². The van der Waals surface area contributed by atoms with Gasteiger partial charge in [-0.05, 0) is 18.4 Å². The number of hydrogen-bond donors (Lipinski definition) is 0. The van der Waals surface area contributed by atoms with Crippen LogP contribution in [0.25, 0.3) is 11.4 Å². The summed E-state index contributed by atoms with van der Waals surface area (Å²) < 4.78 is 0. The molecule has 0 spiro atoms. The molecule has 3 heteroatoms. The number of carbonyl (C=O) groups is 1. The minimum Gasteiger partial charge on any atom is -0.298 e. The SMILES string of the molecule is Cc1nc(-c2ccc(C(C)C)cc2)ncc1C=O. The largest absolute Gasteiger partial charge is 0.298 e. The molecular weight excluding hydrogens is 224 g/mol. The smallest absolute Gasteiger partial charge is 0.159 e. The fourth-order valence-corrected chi connectivity index (χ4v) is 1.75. The average Bonchev–Trinajstić information content (AvgIpc) is 2.38. The summed E-state index contributed by atoms with van der Waals surface area (Å²) in [6, 6.07) is 8.22. The number of benzene rings is 1. The lowest BCUT2D eigenvalue weighted by atomic mass is 10.0. The van der Waals surface area contributed by atoms with Crippen molar-refractivity contribution in [3.05, 3.63) is 47.3 Å². The molecule has 3 nitrogen and oxygen atoms in total. The third-order valence-electron chi connectivity index (χ3n) is 2.98. The number of nitrogens with zero attached hydrogens (tertiary/aromatic N) is 2. The molecule has 0 aliphatic heterocycles. The second kappa shape index (κ2) is 5.08. The predicted molar refractivity (Wildman–Crippen MR) is 71.7 cm³/mol. The van der Waals surface area contributed by atoms with Gasteiger partial charge in [0.05, 0.1) is 11.3 Å². The predicted octanol–water partition coefficient (Wildman–Crippen LogP) is 3.39. The number of hydrogen-bond acceptors (Lipinski definition) is 3. The molecule has 18 heavy (non-hydrogen) atoms. The minimum atomic E-state index is 0.513. The number of aryl methyl sites for hydroxylation is 1. The van der Waals surface area contributed by atoms with Gasteiger partial charge in [-0.1, -0.05) is 38.1 Å². The molecule has 1 heterocycles. The van der Waals surface area contributed by atoms with Crippen molar-refractivity contribution in [1.29, 1.82) is 0 Å². The van der Waals surface area contributed by atoms with Crippen LogP contribution >= 0.6 is 0 Å². The Labute approximate surface area is 107 Å². The lowest BCUT2D eigenvalue weighted by molar-refractivity contribution is 0.112. The molecule has 0 atom stereocenters. The van der Waals surface area contributed by atoms with Gasteiger partial charge in [0.1, 0.15) is 0 Å². The van der Waals surface area contributed by atoms with Crippen LogP contribution in [0.3, 0.4) is 0 Å². The highest BCUT2D eigenvalue weighted by Gasteiger charge is 2.05. The normalized spacial score (nSPS) is 10.7. The minimum absolute atomic E-state index is 0.513. The Bertz CT molecular complexity index is 559. The van der Waals surface area contributed by atoms with E-state index in [1.54, 1.807) is 6.20 Å². The Hall–Kier alpha value is -2.03. The number of aldehydes is 1. The fraction of sp³-hybridized carbons (Fsp3) is 0.267. The summed E-state index contributed by atoms with van der Waals surface area (Å²) >= 11 is 0. The molecule has 0 aliphatic carbocycles. The van der Waals surface area contributed by atoms with Gasteiger partial charge in [-0.25, -0.2) is 9.97 Å². The van der Waals surface area contributed by atoms with Crippen molar-refractivity contribution in [3.63, 3.8) is 0 Å². The summed E-state index contributed by atoms with van der Waals surface area (Å²) in [5.74, 6) is 1.17. The topological polar surface area (TPSA) is 42.9 Å². The zero-order chi connectivity index (χ0) is 13.1. The van der Waals surface area contributed by atoms with Crippen LogP contribution in [0.1, 0.15) is 41.4 Å². The van der Waals surface area contributed by atoms with Gasteiger partial charge < -0.3 is 0 Å². The standard InChI is InChI=1S/C15H16N2O/c1-10(2)12-4-6-13(7-5-12)15-16-8-14(9-18)11(3)17-15/h4-10H,1-3H3. The molecule has 0 N–H and O–H groups in total. The van der Waals surface area contributed by atoms with Gasteiger partial charge in [0.2, 0.25) is 0 Å². The second-order valence-electron chi connectivity index (χ2n) is 4.63. The van der Waals surface area contributed by atoms with Gasteiger partial charge >= 0.3 is 0 Å². The van der Waals surface area contributed by atoms with Gasteiger partial charge in [0.15, 0.2) is 12.1 Å². The first-order valence-corrected chi connectivity index (χ1v) is 6.01. The molecule has 2 aromatic rings. The van der Waals surface area contributed by atoms with E-state index in [9.17, 15) is 4.79 Å². The zero-order valence-electron chi connectivity index (χ0n) is 10.8. The summed E-state index contributed by atoms with van der Waals surface area (Å²) in [4.78, 5) is 19.3. The van der Waals surface area contributed by atoms with Crippen molar-refractivity contribution >= 4 is 6.29 Å². The van der Waals surface area contributed by atoms with Gasteiger partial charge in [-0.2, -0.15) is 0 Å². The van der Waals surface area contributed by atoms with Crippen LogP contribution in [0.5, 0.6) is 0 Å². The first kappa shape index (κ1) is 12.4. The summed E-state index contributed by atoms with van der Waals surface area (Å²) in [6.45, 7) is 6.14. The van der Waals surface area contributed by atoms with E-state index in [1.165, 1.54) is 5.56 Å². The monoisotopic (exact) mass is 240 g/mol. The maximum atomic E-state index is 10.7. The van der Waals surface area contributed by atoms with Crippen molar-refractivity contribution in [2.45, 2.75) is 26.7 Å². The Morgan fingerprint density at radius 3 is 2.33 bits per heavy atom. The van der Waals surface area contributed by atoms with Gasteiger partial charge in [-0.15, -0.1) is 0 Å². The molecule has 0 saturated carbocycles. The van der Waals surface area contributed by atoms with E-state index in [1.807, 2.05) is 19.1 Å². The lowest BCUT2D eigenvalue weighted by Gasteiger charge is -2.07. The molecular formula is C15H16N2O. The van der Waals surface area contributed by atoms with Crippen LogP contribution in [0.4, 0.5) is 0 Å². The molecule has 0 bridgehead atoms. The molecule has 92 valence electrons. The highest BCUT2D eigenvalue weighted by atomic mass is 16.1. The third-order valence-corrected chi connectivity index (χ3v) is 2.98. The van der Waals surface area contributed by atoms with E-state index < -0.39 is 0 Å². The highest BCUT2D eigenvalue weighted by Crippen LogP contribution is 2.20. The molecule has 0 saturated heterocycles. The van der Waals surface area contributed by atoms with Crippen molar-refractivity contribution in [3.8, 4) is 11.4 Å². The first-order valence-electron chi connectivity index (χ1n) is 6.01. The van der Waals surface area contributed by atoms with E-state index in [2.05, 4.69) is 35.9 Å². The molecule has 0 fully saturated rings. The van der Waals surface area contributed by atoms with E-state index >= 15 is 0 Å². The zero-order valence-corrected chi connectivity index (χ0v) is 10.8. The van der Waals surface area contributed by atoms with E-state index in [0.29, 0.717) is 23.0 Å². The third kappa shape index (κ3) is 2.45. The van der Waals surface area contributed by atoms with Gasteiger partial charge in [-0.3, -0.25) is 4.79 Å². The van der Waals surface area contributed by atoms with Crippen molar-refractivity contribution in [2.75, 3.05) is 0 Å². The summed E-state index contributed by atoms with van der Waals surface area (Å²) in [5, 5.41) is 0. The van der Waals surface area contributed by atoms with Crippen molar-refractivity contribution < 1.29 is 4.79 Å². The Balaban J connectivity index is 2.36. The lowest BCUT2D eigenvalue weighted by Crippen LogP contribution is -1.97. The molecule has 0 radical (unpaired) electrons.